The van der Waals surface area contributed by atoms with E-state index in [2.05, 4.69) is 14.7 Å². The quantitative estimate of drug-likeness (QED) is 0.632. The van der Waals surface area contributed by atoms with Gasteiger partial charge in [0.05, 0.1) is 10.9 Å². The fourth-order valence-corrected chi connectivity index (χ4v) is 3.82. The van der Waals surface area contributed by atoms with E-state index in [-0.39, 0.29) is 29.7 Å². The highest BCUT2D eigenvalue weighted by Crippen LogP contribution is 2.39. The number of pyridine rings is 1. The topological polar surface area (TPSA) is 101 Å². The van der Waals surface area contributed by atoms with Gasteiger partial charge >= 0.3 is 12.6 Å². The van der Waals surface area contributed by atoms with E-state index in [9.17, 15) is 23.5 Å². The molecule has 168 valence electrons. The molecule has 0 unspecified atom stereocenters. The third kappa shape index (κ3) is 3.79. The standard InChI is InChI=1S/C20H18F3N5O4/c1-26-10-12(18(30)31)16(29)11-9-13(21)15(17(14(11)26)32-19(22)23)27-5-7-28(8-6-27)20-24-3-2-4-25-20/h2-4,9-10,19H,5-8H2,1H3,(H,30,31). The van der Waals surface area contributed by atoms with Gasteiger partial charge in [-0.05, 0) is 12.1 Å². The van der Waals surface area contributed by atoms with Crippen LogP contribution in [0.25, 0.3) is 10.9 Å². The van der Waals surface area contributed by atoms with Crippen molar-refractivity contribution in [2.45, 2.75) is 6.61 Å². The number of halogens is 3. The zero-order chi connectivity index (χ0) is 23.0. The summed E-state index contributed by atoms with van der Waals surface area (Å²) in [6.45, 7) is -1.99. The molecule has 0 radical (unpaired) electrons. The number of aromatic nitrogens is 3. The van der Waals surface area contributed by atoms with Crippen LogP contribution in [0.3, 0.4) is 0 Å². The Hall–Kier alpha value is -3.83. The van der Waals surface area contributed by atoms with E-state index in [0.29, 0.717) is 19.0 Å². The van der Waals surface area contributed by atoms with Crippen molar-refractivity contribution >= 4 is 28.5 Å². The zero-order valence-electron chi connectivity index (χ0n) is 16.8. The number of anilines is 2. The second-order valence-corrected chi connectivity index (χ2v) is 7.12. The van der Waals surface area contributed by atoms with Gasteiger partial charge in [0.1, 0.15) is 11.3 Å². The molecule has 0 spiro atoms. The third-order valence-electron chi connectivity index (χ3n) is 5.22. The van der Waals surface area contributed by atoms with E-state index in [1.54, 1.807) is 23.4 Å². The summed E-state index contributed by atoms with van der Waals surface area (Å²) in [5, 5.41) is 8.87. The molecule has 1 fully saturated rings. The summed E-state index contributed by atoms with van der Waals surface area (Å²) < 4.78 is 47.6. The molecule has 0 saturated carbocycles. The van der Waals surface area contributed by atoms with Gasteiger partial charge < -0.3 is 24.2 Å². The Bertz CT molecular complexity index is 1230. The second kappa shape index (κ2) is 8.36. The summed E-state index contributed by atoms with van der Waals surface area (Å²) in [5.41, 5.74) is -1.93. The van der Waals surface area contributed by atoms with Crippen molar-refractivity contribution in [2.75, 3.05) is 36.0 Å². The number of carboxylic acid groups (broad SMARTS) is 1. The first-order valence-corrected chi connectivity index (χ1v) is 9.58. The second-order valence-electron chi connectivity index (χ2n) is 7.12. The van der Waals surface area contributed by atoms with Crippen molar-refractivity contribution in [3.8, 4) is 5.75 Å². The van der Waals surface area contributed by atoms with Crippen molar-refractivity contribution in [3.05, 3.63) is 52.3 Å². The third-order valence-corrected chi connectivity index (χ3v) is 5.22. The average Bonchev–Trinajstić information content (AvgIpc) is 2.76. The van der Waals surface area contributed by atoms with Crippen LogP contribution in [-0.4, -0.2) is 58.4 Å². The van der Waals surface area contributed by atoms with Gasteiger partial charge in [0, 0.05) is 51.8 Å². The summed E-state index contributed by atoms with van der Waals surface area (Å²) in [4.78, 5) is 35.7. The predicted octanol–water partition coefficient (Wildman–Crippen LogP) is 2.09. The van der Waals surface area contributed by atoms with Gasteiger partial charge in [-0.25, -0.2) is 19.2 Å². The molecule has 1 saturated heterocycles. The lowest BCUT2D eigenvalue weighted by molar-refractivity contribution is -0.0488. The summed E-state index contributed by atoms with van der Waals surface area (Å²) in [6, 6.07) is 2.54. The molecular formula is C20H18F3N5O4. The van der Waals surface area contributed by atoms with E-state index in [1.807, 2.05) is 4.90 Å². The smallest absolute Gasteiger partial charge is 0.387 e. The largest absolute Gasteiger partial charge is 0.477 e. The highest BCUT2D eigenvalue weighted by Gasteiger charge is 2.29. The molecule has 12 heteroatoms. The lowest BCUT2D eigenvalue weighted by atomic mass is 10.1. The number of benzene rings is 1. The SMILES string of the molecule is Cn1cc(C(=O)O)c(=O)c2cc(F)c(N3CCN(c4ncccn4)CC3)c(OC(F)F)c21. The Morgan fingerprint density at radius 2 is 1.78 bits per heavy atom. The number of hydrogen-bond acceptors (Lipinski definition) is 7. The number of carboxylic acids is 1. The number of hydrogen-bond donors (Lipinski definition) is 1. The number of alkyl halides is 2. The summed E-state index contributed by atoms with van der Waals surface area (Å²) in [6.07, 6.45) is 4.19. The van der Waals surface area contributed by atoms with Crippen LogP contribution < -0.4 is 20.0 Å². The van der Waals surface area contributed by atoms with Crippen LogP contribution in [0.1, 0.15) is 10.4 Å². The molecule has 0 aliphatic carbocycles. The number of carbonyl (C=O) groups is 1. The first-order valence-electron chi connectivity index (χ1n) is 9.58. The molecule has 0 atom stereocenters. The van der Waals surface area contributed by atoms with Gasteiger partial charge in [0.2, 0.25) is 11.4 Å². The normalized spacial score (nSPS) is 14.3. The first-order chi connectivity index (χ1) is 15.3. The Morgan fingerprint density at radius 3 is 2.38 bits per heavy atom. The average molecular weight is 449 g/mol. The van der Waals surface area contributed by atoms with E-state index in [4.69, 9.17) is 0 Å². The molecule has 1 aromatic carbocycles. The summed E-state index contributed by atoms with van der Waals surface area (Å²) in [7, 11) is 1.37. The van der Waals surface area contributed by atoms with Crippen LogP contribution in [0, 0.1) is 5.82 Å². The lowest BCUT2D eigenvalue weighted by Gasteiger charge is -2.37. The Labute approximate surface area is 179 Å². The summed E-state index contributed by atoms with van der Waals surface area (Å²) >= 11 is 0. The van der Waals surface area contributed by atoms with Crippen LogP contribution >= 0.6 is 0 Å². The number of aromatic carboxylic acids is 1. The van der Waals surface area contributed by atoms with Gasteiger partial charge in [-0.3, -0.25) is 4.79 Å². The van der Waals surface area contributed by atoms with Crippen molar-refractivity contribution in [2.24, 2.45) is 7.05 Å². The van der Waals surface area contributed by atoms with Crippen LogP contribution in [0.2, 0.25) is 0 Å². The Kier molecular flexibility index (Phi) is 5.59. The van der Waals surface area contributed by atoms with Gasteiger partial charge in [-0.2, -0.15) is 8.78 Å². The minimum Gasteiger partial charge on any atom is -0.477 e. The van der Waals surface area contributed by atoms with Crippen molar-refractivity contribution in [1.82, 2.24) is 14.5 Å². The van der Waals surface area contributed by atoms with Gasteiger partial charge in [0.15, 0.2) is 11.6 Å². The van der Waals surface area contributed by atoms with Crippen LogP contribution in [0.15, 0.2) is 35.5 Å². The molecule has 0 amide bonds. The van der Waals surface area contributed by atoms with E-state index in [0.717, 1.165) is 12.3 Å². The van der Waals surface area contributed by atoms with E-state index in [1.165, 1.54) is 11.6 Å². The number of rotatable bonds is 5. The number of aryl methyl sites for hydroxylation is 1. The van der Waals surface area contributed by atoms with Crippen molar-refractivity contribution in [3.63, 3.8) is 0 Å². The monoisotopic (exact) mass is 449 g/mol. The molecule has 1 N–H and O–H groups in total. The van der Waals surface area contributed by atoms with E-state index >= 15 is 4.39 Å². The molecule has 32 heavy (non-hydrogen) atoms. The maximum Gasteiger partial charge on any atom is 0.387 e. The molecule has 1 aliphatic heterocycles. The van der Waals surface area contributed by atoms with E-state index < -0.39 is 35.1 Å². The van der Waals surface area contributed by atoms with Crippen molar-refractivity contribution < 1.29 is 27.8 Å². The van der Waals surface area contributed by atoms with Crippen LogP contribution in [-0.2, 0) is 7.05 Å². The molecular weight excluding hydrogens is 431 g/mol. The highest BCUT2D eigenvalue weighted by atomic mass is 19.3. The molecule has 3 aromatic rings. The number of fused-ring (bicyclic) bond motifs is 1. The minimum absolute atomic E-state index is 0.120. The number of ether oxygens (including phenoxy) is 1. The van der Waals surface area contributed by atoms with Gasteiger partial charge in [-0.1, -0.05) is 0 Å². The maximum atomic E-state index is 15.2. The fourth-order valence-electron chi connectivity index (χ4n) is 3.82. The first kappa shape index (κ1) is 21.4. The summed E-state index contributed by atoms with van der Waals surface area (Å²) in [5.74, 6) is -2.49. The number of piperazine rings is 1. The zero-order valence-corrected chi connectivity index (χ0v) is 16.8. The molecule has 0 bridgehead atoms. The Morgan fingerprint density at radius 1 is 1.16 bits per heavy atom. The minimum atomic E-state index is -3.29. The molecule has 9 nitrogen and oxygen atoms in total. The predicted molar refractivity (Wildman–Crippen MR) is 109 cm³/mol. The molecule has 4 rings (SSSR count). The molecule has 1 aliphatic rings. The van der Waals surface area contributed by atoms with Crippen molar-refractivity contribution in [1.29, 1.82) is 0 Å². The van der Waals surface area contributed by atoms with Crippen LogP contribution in [0.4, 0.5) is 24.8 Å². The number of nitrogens with zero attached hydrogens (tertiary/aromatic N) is 5. The molecule has 2 aromatic heterocycles. The highest BCUT2D eigenvalue weighted by molar-refractivity contribution is 5.97. The molecule has 3 heterocycles. The van der Waals surface area contributed by atoms with Crippen LogP contribution in [0.5, 0.6) is 5.75 Å². The maximum absolute atomic E-state index is 15.2. The fraction of sp³-hybridized carbons (Fsp3) is 0.300. The Balaban J connectivity index is 1.80. The van der Waals surface area contributed by atoms with Gasteiger partial charge in [-0.15, -0.1) is 0 Å². The lowest BCUT2D eigenvalue weighted by Crippen LogP contribution is -2.47. The van der Waals surface area contributed by atoms with Gasteiger partial charge in [0.25, 0.3) is 0 Å².